The highest BCUT2D eigenvalue weighted by atomic mass is 32.1. The molecule has 1 aromatic heterocycles. The number of aryl methyl sites for hydroxylation is 2. The number of aromatic nitrogens is 1. The maximum absolute atomic E-state index is 12.6. The zero-order chi connectivity index (χ0) is 22.6. The van der Waals surface area contributed by atoms with Crippen LogP contribution in [-0.2, 0) is 9.59 Å². The number of alkyl halides is 3. The summed E-state index contributed by atoms with van der Waals surface area (Å²) in [6.07, 6.45) is -3.44. The first-order valence-electron chi connectivity index (χ1n) is 9.72. The fourth-order valence-electron chi connectivity index (χ4n) is 3.32. The van der Waals surface area contributed by atoms with E-state index < -0.39 is 12.1 Å². The van der Waals surface area contributed by atoms with Gasteiger partial charge in [-0.3, -0.25) is 14.5 Å². The third-order valence-corrected chi connectivity index (χ3v) is 5.84. The van der Waals surface area contributed by atoms with Crippen molar-refractivity contribution < 1.29 is 27.5 Å². The van der Waals surface area contributed by atoms with Crippen molar-refractivity contribution in [3.8, 4) is 5.75 Å². The lowest BCUT2D eigenvalue weighted by molar-refractivity contribution is -0.274. The van der Waals surface area contributed by atoms with Crippen LogP contribution in [0, 0.1) is 19.8 Å². The second-order valence-electron chi connectivity index (χ2n) is 7.35. The van der Waals surface area contributed by atoms with E-state index >= 15 is 0 Å². The van der Waals surface area contributed by atoms with Crippen LogP contribution in [0.1, 0.15) is 23.4 Å². The summed E-state index contributed by atoms with van der Waals surface area (Å²) in [6, 6.07) is 5.15. The minimum Gasteiger partial charge on any atom is -0.406 e. The van der Waals surface area contributed by atoms with Crippen LogP contribution < -0.4 is 15.4 Å². The molecular weight excluding hydrogens is 433 g/mol. The Balaban J connectivity index is 1.53. The predicted octanol–water partition coefficient (Wildman–Crippen LogP) is 3.95. The van der Waals surface area contributed by atoms with Crippen molar-refractivity contribution in [2.24, 2.45) is 5.92 Å². The van der Waals surface area contributed by atoms with Gasteiger partial charge < -0.3 is 15.4 Å². The van der Waals surface area contributed by atoms with Crippen LogP contribution in [0.4, 0.5) is 24.0 Å². The minimum absolute atomic E-state index is 0.135. The fraction of sp³-hybridized carbons (Fsp3) is 0.450. The lowest BCUT2D eigenvalue weighted by atomic mass is 9.97. The highest BCUT2D eigenvalue weighted by Gasteiger charge is 2.31. The van der Waals surface area contributed by atoms with E-state index in [1.807, 2.05) is 18.7 Å². The van der Waals surface area contributed by atoms with E-state index in [0.717, 1.165) is 29.1 Å². The van der Waals surface area contributed by atoms with E-state index in [1.165, 1.54) is 23.5 Å². The molecule has 2 aromatic rings. The van der Waals surface area contributed by atoms with Gasteiger partial charge in [0, 0.05) is 23.2 Å². The van der Waals surface area contributed by atoms with Gasteiger partial charge in [-0.25, -0.2) is 4.98 Å². The summed E-state index contributed by atoms with van der Waals surface area (Å²) in [5.41, 5.74) is 1.09. The average molecular weight is 456 g/mol. The molecule has 31 heavy (non-hydrogen) atoms. The third kappa shape index (κ3) is 6.93. The largest absolute Gasteiger partial charge is 0.573 e. The van der Waals surface area contributed by atoms with Gasteiger partial charge in [-0.05, 0) is 45.4 Å². The zero-order valence-electron chi connectivity index (χ0n) is 17.1. The number of thiazole rings is 1. The molecule has 1 fully saturated rings. The molecule has 0 aliphatic carbocycles. The van der Waals surface area contributed by atoms with Gasteiger partial charge in [0.2, 0.25) is 11.8 Å². The fourth-order valence-corrected chi connectivity index (χ4v) is 4.15. The predicted molar refractivity (Wildman–Crippen MR) is 111 cm³/mol. The molecule has 0 saturated carbocycles. The van der Waals surface area contributed by atoms with E-state index in [-0.39, 0.29) is 30.0 Å². The first kappa shape index (κ1) is 23.0. The van der Waals surface area contributed by atoms with Crippen molar-refractivity contribution in [3.63, 3.8) is 0 Å². The normalized spacial score (nSPS) is 17.3. The number of carbonyl (C=O) groups excluding carboxylic acids is 2. The molecule has 1 aromatic carbocycles. The molecule has 7 nitrogen and oxygen atoms in total. The Bertz CT molecular complexity index is 928. The van der Waals surface area contributed by atoms with Gasteiger partial charge in [-0.2, -0.15) is 0 Å². The van der Waals surface area contributed by atoms with E-state index in [9.17, 15) is 22.8 Å². The molecule has 3 rings (SSSR count). The van der Waals surface area contributed by atoms with Crippen LogP contribution in [0.3, 0.4) is 0 Å². The first-order valence-corrected chi connectivity index (χ1v) is 10.5. The molecule has 2 amide bonds. The molecule has 0 radical (unpaired) electrons. The number of amides is 2. The number of nitrogens with zero attached hydrogens (tertiary/aromatic N) is 2. The van der Waals surface area contributed by atoms with E-state index in [0.29, 0.717) is 24.6 Å². The number of likely N-dealkylation sites (tertiary alicyclic amines) is 1. The molecule has 0 spiro atoms. The van der Waals surface area contributed by atoms with Gasteiger partial charge in [0.05, 0.1) is 18.2 Å². The van der Waals surface area contributed by atoms with E-state index in [1.54, 1.807) is 0 Å². The van der Waals surface area contributed by atoms with Crippen LogP contribution in [0.15, 0.2) is 24.3 Å². The minimum atomic E-state index is -4.80. The highest BCUT2D eigenvalue weighted by Crippen LogP contribution is 2.26. The van der Waals surface area contributed by atoms with Gasteiger partial charge in [-0.15, -0.1) is 24.5 Å². The summed E-state index contributed by atoms with van der Waals surface area (Å²) in [4.78, 5) is 32.2. The van der Waals surface area contributed by atoms with Gasteiger partial charge in [0.1, 0.15) is 5.75 Å². The van der Waals surface area contributed by atoms with Gasteiger partial charge in [-0.1, -0.05) is 6.07 Å². The van der Waals surface area contributed by atoms with Crippen molar-refractivity contribution in [2.45, 2.75) is 33.1 Å². The molecule has 1 atom stereocenters. The number of halogens is 3. The van der Waals surface area contributed by atoms with E-state index in [2.05, 4.69) is 20.4 Å². The van der Waals surface area contributed by atoms with Crippen LogP contribution in [-0.4, -0.2) is 47.7 Å². The molecule has 11 heteroatoms. The second kappa shape index (κ2) is 9.65. The average Bonchev–Trinajstić information content (AvgIpc) is 2.97. The molecule has 0 bridgehead atoms. The van der Waals surface area contributed by atoms with Crippen molar-refractivity contribution in [1.29, 1.82) is 0 Å². The molecule has 168 valence electrons. The molecule has 2 N–H and O–H groups in total. The Hall–Kier alpha value is -2.66. The Kier molecular flexibility index (Phi) is 7.16. The van der Waals surface area contributed by atoms with Crippen LogP contribution in [0.25, 0.3) is 0 Å². The Morgan fingerprint density at radius 3 is 2.74 bits per heavy atom. The van der Waals surface area contributed by atoms with Crippen molar-refractivity contribution in [1.82, 2.24) is 9.88 Å². The molecule has 1 aliphatic rings. The Labute approximate surface area is 181 Å². The number of hydrogen-bond donors (Lipinski definition) is 2. The summed E-state index contributed by atoms with van der Waals surface area (Å²) in [6.45, 7) is 5.01. The lowest BCUT2D eigenvalue weighted by Crippen LogP contribution is -2.44. The summed E-state index contributed by atoms with van der Waals surface area (Å²) < 4.78 is 41.0. The van der Waals surface area contributed by atoms with Crippen molar-refractivity contribution in [3.05, 3.63) is 34.8 Å². The van der Waals surface area contributed by atoms with Gasteiger partial charge >= 0.3 is 6.36 Å². The maximum atomic E-state index is 12.6. The topological polar surface area (TPSA) is 83.6 Å². The van der Waals surface area contributed by atoms with Crippen LogP contribution in [0.2, 0.25) is 0 Å². The lowest BCUT2D eigenvalue weighted by Gasteiger charge is -2.31. The highest BCUT2D eigenvalue weighted by molar-refractivity contribution is 7.15. The van der Waals surface area contributed by atoms with Crippen LogP contribution in [0.5, 0.6) is 5.75 Å². The molecule has 2 heterocycles. The number of rotatable bonds is 6. The number of benzene rings is 1. The number of carbonyl (C=O) groups is 2. The summed E-state index contributed by atoms with van der Waals surface area (Å²) >= 11 is 1.41. The number of nitrogens with one attached hydrogen (secondary N) is 2. The SMILES string of the molecule is Cc1nc(NC(=O)CN2CCCC(C(=O)Nc3cccc(OC(F)(F)F)c3)C2)sc1C. The number of anilines is 2. The summed E-state index contributed by atoms with van der Waals surface area (Å²) in [5.74, 6) is -1.29. The summed E-state index contributed by atoms with van der Waals surface area (Å²) in [5, 5.41) is 5.97. The van der Waals surface area contributed by atoms with Gasteiger partial charge in [0.25, 0.3) is 0 Å². The molecule has 1 unspecified atom stereocenters. The quantitative estimate of drug-likeness (QED) is 0.688. The van der Waals surface area contributed by atoms with Crippen molar-refractivity contribution in [2.75, 3.05) is 30.3 Å². The Morgan fingerprint density at radius 1 is 1.29 bits per heavy atom. The smallest absolute Gasteiger partial charge is 0.406 e. The maximum Gasteiger partial charge on any atom is 0.573 e. The molecule has 1 aliphatic heterocycles. The van der Waals surface area contributed by atoms with E-state index in [4.69, 9.17) is 0 Å². The molecule has 1 saturated heterocycles. The Morgan fingerprint density at radius 2 is 2.06 bits per heavy atom. The monoisotopic (exact) mass is 456 g/mol. The first-order chi connectivity index (χ1) is 14.6. The van der Waals surface area contributed by atoms with Crippen LogP contribution >= 0.6 is 11.3 Å². The number of ether oxygens (including phenoxy) is 1. The standard InChI is InChI=1S/C20H23F3N4O3S/c1-12-13(2)31-19(24-12)26-17(28)11-27-8-4-5-14(10-27)18(29)25-15-6-3-7-16(9-15)30-20(21,22)23/h3,6-7,9,14H,4-5,8,10-11H2,1-2H3,(H,25,29)(H,24,26,28). The zero-order valence-corrected chi connectivity index (χ0v) is 17.9. The molecular formula is C20H23F3N4O3S. The van der Waals surface area contributed by atoms with Gasteiger partial charge in [0.15, 0.2) is 5.13 Å². The number of hydrogen-bond acceptors (Lipinski definition) is 6. The van der Waals surface area contributed by atoms with Crippen molar-refractivity contribution >= 4 is 34.0 Å². The second-order valence-corrected chi connectivity index (χ2v) is 8.55. The summed E-state index contributed by atoms with van der Waals surface area (Å²) in [7, 11) is 0. The number of piperidine rings is 1. The third-order valence-electron chi connectivity index (χ3n) is 4.85.